The lowest BCUT2D eigenvalue weighted by Crippen LogP contribution is -2.14. The van der Waals surface area contributed by atoms with Gasteiger partial charge < -0.3 is 5.32 Å². The van der Waals surface area contributed by atoms with E-state index in [2.05, 4.69) is 31.3 Å². The average Bonchev–Trinajstić information content (AvgIpc) is 2.93. The van der Waals surface area contributed by atoms with E-state index in [0.29, 0.717) is 22.2 Å². The molecule has 0 saturated heterocycles. The minimum absolute atomic E-state index is 0.00388. The second kappa shape index (κ2) is 6.70. The molecule has 0 aliphatic heterocycles. The summed E-state index contributed by atoms with van der Waals surface area (Å²) < 4.78 is 15.3. The van der Waals surface area contributed by atoms with Gasteiger partial charge >= 0.3 is 0 Å². The second-order valence-corrected chi connectivity index (χ2v) is 6.27. The zero-order valence-corrected chi connectivity index (χ0v) is 14.8. The van der Waals surface area contributed by atoms with Crippen LogP contribution in [0.4, 0.5) is 10.1 Å². The molecule has 122 valence electrons. The Hall–Kier alpha value is -2.25. The number of hydrogen-bond donors (Lipinski definition) is 1. The van der Waals surface area contributed by atoms with Crippen molar-refractivity contribution in [2.24, 2.45) is 0 Å². The van der Waals surface area contributed by atoms with Gasteiger partial charge in [0.05, 0.1) is 16.4 Å². The lowest BCUT2D eigenvalue weighted by Gasteiger charge is -2.05. The van der Waals surface area contributed by atoms with Gasteiger partial charge in [-0.1, -0.05) is 27.5 Å². The van der Waals surface area contributed by atoms with Crippen molar-refractivity contribution in [3.05, 3.63) is 69.4 Å². The number of nitrogens with one attached hydrogen (secondary N) is 1. The molecule has 0 bridgehead atoms. The van der Waals surface area contributed by atoms with Crippen LogP contribution in [0.1, 0.15) is 16.4 Å². The quantitative estimate of drug-likeness (QED) is 0.698. The number of rotatable bonds is 3. The first kappa shape index (κ1) is 16.6. The summed E-state index contributed by atoms with van der Waals surface area (Å²) in [7, 11) is 0. The standard InChI is InChI=1S/C16H11BrClFN4O/c1-9-20-15(22-23(9)12-5-3-11(19)4-6-12)16(24)21-14-7-2-10(17)8-13(14)18/h2-8H,1H3,(H,21,24). The molecule has 0 spiro atoms. The zero-order chi connectivity index (χ0) is 17.3. The number of aryl methyl sites for hydroxylation is 1. The SMILES string of the molecule is Cc1nc(C(=O)Nc2ccc(Br)cc2Cl)nn1-c1ccc(F)cc1. The summed E-state index contributed by atoms with van der Waals surface area (Å²) in [5, 5.41) is 7.23. The van der Waals surface area contributed by atoms with Crippen molar-refractivity contribution in [1.29, 1.82) is 0 Å². The molecule has 8 heteroatoms. The van der Waals surface area contributed by atoms with Crippen molar-refractivity contribution in [3.8, 4) is 5.69 Å². The molecule has 0 radical (unpaired) electrons. The first-order valence-electron chi connectivity index (χ1n) is 6.90. The topological polar surface area (TPSA) is 59.8 Å². The average molecular weight is 410 g/mol. The molecule has 0 atom stereocenters. The van der Waals surface area contributed by atoms with Crippen molar-refractivity contribution < 1.29 is 9.18 Å². The minimum Gasteiger partial charge on any atom is -0.318 e. The van der Waals surface area contributed by atoms with Gasteiger partial charge in [-0.05, 0) is 49.4 Å². The first-order chi connectivity index (χ1) is 11.4. The van der Waals surface area contributed by atoms with E-state index >= 15 is 0 Å². The molecule has 1 heterocycles. The molecule has 0 fully saturated rings. The molecule has 1 amide bonds. The molecular weight excluding hydrogens is 399 g/mol. The molecule has 5 nitrogen and oxygen atoms in total. The van der Waals surface area contributed by atoms with Crippen LogP contribution in [-0.4, -0.2) is 20.7 Å². The third-order valence-corrected chi connectivity index (χ3v) is 4.03. The Morgan fingerprint density at radius 1 is 1.25 bits per heavy atom. The normalized spacial score (nSPS) is 10.7. The van der Waals surface area contributed by atoms with Gasteiger partial charge in [-0.3, -0.25) is 4.79 Å². The molecule has 1 aromatic heterocycles. The van der Waals surface area contributed by atoms with Crippen LogP contribution < -0.4 is 5.32 Å². The smallest absolute Gasteiger partial charge is 0.295 e. The molecule has 0 saturated carbocycles. The molecule has 0 aliphatic rings. The Labute approximate surface area is 150 Å². The van der Waals surface area contributed by atoms with Crippen LogP contribution >= 0.6 is 27.5 Å². The third-order valence-electron chi connectivity index (χ3n) is 3.22. The lowest BCUT2D eigenvalue weighted by atomic mass is 10.3. The van der Waals surface area contributed by atoms with Gasteiger partial charge in [-0.25, -0.2) is 14.1 Å². The predicted octanol–water partition coefficient (Wildman–Crippen LogP) is 4.38. The molecule has 1 N–H and O–H groups in total. The molecule has 0 aliphatic carbocycles. The fourth-order valence-electron chi connectivity index (χ4n) is 2.08. The molecular formula is C16H11BrClFN4O. The number of amides is 1. The van der Waals surface area contributed by atoms with Crippen molar-refractivity contribution in [2.45, 2.75) is 6.92 Å². The Kier molecular flexibility index (Phi) is 4.64. The van der Waals surface area contributed by atoms with Crippen LogP contribution in [0, 0.1) is 12.7 Å². The van der Waals surface area contributed by atoms with Crippen LogP contribution in [0.5, 0.6) is 0 Å². The van der Waals surface area contributed by atoms with Crippen LogP contribution in [0.3, 0.4) is 0 Å². The van der Waals surface area contributed by atoms with Crippen LogP contribution in [-0.2, 0) is 0 Å². The van der Waals surface area contributed by atoms with E-state index < -0.39 is 5.91 Å². The zero-order valence-electron chi connectivity index (χ0n) is 12.4. The summed E-state index contributed by atoms with van der Waals surface area (Å²) in [6.07, 6.45) is 0. The Morgan fingerprint density at radius 3 is 2.62 bits per heavy atom. The Morgan fingerprint density at radius 2 is 1.96 bits per heavy atom. The van der Waals surface area contributed by atoms with Crippen LogP contribution in [0.25, 0.3) is 5.69 Å². The minimum atomic E-state index is -0.483. The van der Waals surface area contributed by atoms with Crippen molar-refractivity contribution in [3.63, 3.8) is 0 Å². The fourth-order valence-corrected chi connectivity index (χ4v) is 2.80. The van der Waals surface area contributed by atoms with E-state index in [-0.39, 0.29) is 11.6 Å². The van der Waals surface area contributed by atoms with Crippen molar-refractivity contribution in [2.75, 3.05) is 5.32 Å². The summed E-state index contributed by atoms with van der Waals surface area (Å²) in [5.41, 5.74) is 1.07. The Bertz CT molecular complexity index is 911. The van der Waals surface area contributed by atoms with Gasteiger partial charge in [0.15, 0.2) is 0 Å². The van der Waals surface area contributed by atoms with E-state index in [1.165, 1.54) is 16.8 Å². The Balaban J connectivity index is 1.86. The van der Waals surface area contributed by atoms with E-state index in [0.717, 1.165) is 4.47 Å². The molecule has 3 aromatic rings. The number of anilines is 1. The highest BCUT2D eigenvalue weighted by atomic mass is 79.9. The van der Waals surface area contributed by atoms with Crippen LogP contribution in [0.15, 0.2) is 46.9 Å². The maximum atomic E-state index is 13.0. The maximum absolute atomic E-state index is 13.0. The summed E-state index contributed by atoms with van der Waals surface area (Å²) in [6, 6.07) is 10.9. The molecule has 2 aromatic carbocycles. The van der Waals surface area contributed by atoms with E-state index in [1.54, 1.807) is 37.3 Å². The highest BCUT2D eigenvalue weighted by molar-refractivity contribution is 9.10. The van der Waals surface area contributed by atoms with E-state index in [1.807, 2.05) is 0 Å². The number of carbonyl (C=O) groups excluding carboxylic acids is 1. The monoisotopic (exact) mass is 408 g/mol. The van der Waals surface area contributed by atoms with Gasteiger partial charge in [0, 0.05) is 4.47 Å². The summed E-state index contributed by atoms with van der Waals surface area (Å²) in [5.74, 6) is -0.327. The maximum Gasteiger partial charge on any atom is 0.295 e. The summed E-state index contributed by atoms with van der Waals surface area (Å²) in [6.45, 7) is 1.71. The molecule has 24 heavy (non-hydrogen) atoms. The van der Waals surface area contributed by atoms with Gasteiger partial charge in [0.1, 0.15) is 11.6 Å². The molecule has 0 unspecified atom stereocenters. The molecule has 3 rings (SSSR count). The number of carbonyl (C=O) groups is 1. The number of halogens is 3. The van der Waals surface area contributed by atoms with Gasteiger partial charge in [-0.15, -0.1) is 5.10 Å². The third kappa shape index (κ3) is 3.47. The summed E-state index contributed by atoms with van der Waals surface area (Å²) in [4.78, 5) is 16.5. The van der Waals surface area contributed by atoms with E-state index in [4.69, 9.17) is 11.6 Å². The number of nitrogens with zero attached hydrogens (tertiary/aromatic N) is 3. The number of benzene rings is 2. The van der Waals surface area contributed by atoms with Crippen molar-refractivity contribution >= 4 is 39.1 Å². The second-order valence-electron chi connectivity index (χ2n) is 4.95. The predicted molar refractivity (Wildman–Crippen MR) is 93.2 cm³/mol. The first-order valence-corrected chi connectivity index (χ1v) is 8.07. The number of aromatic nitrogens is 3. The fraction of sp³-hybridized carbons (Fsp3) is 0.0625. The van der Waals surface area contributed by atoms with Crippen molar-refractivity contribution in [1.82, 2.24) is 14.8 Å². The summed E-state index contributed by atoms with van der Waals surface area (Å²) >= 11 is 9.38. The number of hydrogen-bond acceptors (Lipinski definition) is 3. The highest BCUT2D eigenvalue weighted by Crippen LogP contribution is 2.26. The largest absolute Gasteiger partial charge is 0.318 e. The van der Waals surface area contributed by atoms with Gasteiger partial charge in [-0.2, -0.15) is 0 Å². The van der Waals surface area contributed by atoms with E-state index in [9.17, 15) is 9.18 Å². The lowest BCUT2D eigenvalue weighted by molar-refractivity contribution is 0.101. The van der Waals surface area contributed by atoms with Gasteiger partial charge in [0.25, 0.3) is 5.91 Å². The van der Waals surface area contributed by atoms with Gasteiger partial charge in [0.2, 0.25) is 5.82 Å². The highest BCUT2D eigenvalue weighted by Gasteiger charge is 2.16. The van der Waals surface area contributed by atoms with Crippen LogP contribution in [0.2, 0.25) is 5.02 Å².